The minimum absolute atomic E-state index is 0.0608. The van der Waals surface area contributed by atoms with Gasteiger partial charge in [-0.1, -0.05) is 59.6 Å². The Balaban J connectivity index is 0.000000260. The number of amides is 2. The molecule has 0 aliphatic carbocycles. The lowest BCUT2D eigenvalue weighted by molar-refractivity contribution is 0.0432. The summed E-state index contributed by atoms with van der Waals surface area (Å²) in [6.45, 7) is 3.66. The van der Waals surface area contributed by atoms with E-state index in [-0.39, 0.29) is 6.61 Å². The van der Waals surface area contributed by atoms with E-state index in [0.717, 1.165) is 5.56 Å². The molecule has 6 nitrogen and oxygen atoms in total. The average molecular weight is 399 g/mol. The summed E-state index contributed by atoms with van der Waals surface area (Å²) in [7, 11) is 0. The predicted molar refractivity (Wildman–Crippen MR) is 101 cm³/mol. The maximum absolute atomic E-state index is 10.6. The molecule has 0 unspecified atom stereocenters. The van der Waals surface area contributed by atoms with Crippen molar-refractivity contribution in [2.45, 2.75) is 26.1 Å². The highest BCUT2D eigenvalue weighted by atomic mass is 35.5. The van der Waals surface area contributed by atoms with Crippen molar-refractivity contribution in [2.75, 3.05) is 0 Å². The van der Waals surface area contributed by atoms with Crippen molar-refractivity contribution >= 4 is 35.4 Å². The molecular weight excluding hydrogens is 379 g/mol. The Morgan fingerprint density at radius 1 is 1.00 bits per heavy atom. The van der Waals surface area contributed by atoms with Crippen molar-refractivity contribution in [1.82, 2.24) is 0 Å². The van der Waals surface area contributed by atoms with E-state index in [4.69, 9.17) is 39.4 Å². The molecule has 2 aromatic rings. The van der Waals surface area contributed by atoms with Crippen molar-refractivity contribution in [3.63, 3.8) is 0 Å². The summed E-state index contributed by atoms with van der Waals surface area (Å²) in [5, 5.41) is 0.988. The fourth-order valence-corrected chi connectivity index (χ4v) is 2.40. The lowest BCUT2D eigenvalue weighted by atomic mass is 9.98. The first-order valence-electron chi connectivity index (χ1n) is 7.52. The van der Waals surface area contributed by atoms with Gasteiger partial charge >= 0.3 is 12.2 Å². The highest BCUT2D eigenvalue weighted by Gasteiger charge is 2.23. The first-order chi connectivity index (χ1) is 12.1. The lowest BCUT2D eigenvalue weighted by Crippen LogP contribution is -2.28. The molecule has 0 saturated heterocycles. The molecule has 0 aliphatic heterocycles. The summed E-state index contributed by atoms with van der Waals surface area (Å²) < 4.78 is 9.52. The number of ether oxygens (including phenoxy) is 2. The van der Waals surface area contributed by atoms with Gasteiger partial charge in [0.25, 0.3) is 0 Å². The Bertz CT molecular complexity index is 752. The van der Waals surface area contributed by atoms with Crippen molar-refractivity contribution in [1.29, 1.82) is 0 Å². The lowest BCUT2D eigenvalue weighted by Gasteiger charge is -2.24. The van der Waals surface area contributed by atoms with Crippen LogP contribution in [0.25, 0.3) is 0 Å². The van der Waals surface area contributed by atoms with Gasteiger partial charge in [-0.05, 0) is 31.5 Å². The van der Waals surface area contributed by atoms with Gasteiger partial charge in [0.05, 0.1) is 0 Å². The fraction of sp³-hybridized carbons (Fsp3) is 0.222. The van der Waals surface area contributed by atoms with E-state index in [1.807, 2.05) is 30.3 Å². The number of rotatable bonds is 4. The second-order valence-electron chi connectivity index (χ2n) is 5.64. The van der Waals surface area contributed by atoms with Gasteiger partial charge in [0.15, 0.2) is 0 Å². The molecule has 0 radical (unpaired) electrons. The number of halogens is 2. The minimum atomic E-state index is -0.828. The number of carbonyl (C=O) groups is 2. The Kier molecular flexibility index (Phi) is 8.22. The number of carbonyl (C=O) groups excluding carboxylic acids is 2. The van der Waals surface area contributed by atoms with Crippen molar-refractivity contribution in [2.24, 2.45) is 11.5 Å². The van der Waals surface area contributed by atoms with E-state index in [2.05, 4.69) is 4.74 Å². The molecule has 26 heavy (non-hydrogen) atoms. The third kappa shape index (κ3) is 7.63. The molecule has 2 aromatic carbocycles. The molecule has 2 amide bonds. The summed E-state index contributed by atoms with van der Waals surface area (Å²) >= 11 is 11.5. The maximum atomic E-state index is 10.6. The largest absolute Gasteiger partial charge is 0.445 e. The molecule has 4 N–H and O–H groups in total. The third-order valence-electron chi connectivity index (χ3n) is 3.21. The van der Waals surface area contributed by atoms with Crippen LogP contribution in [-0.2, 0) is 21.7 Å². The van der Waals surface area contributed by atoms with Gasteiger partial charge in [0, 0.05) is 15.6 Å². The number of primary amides is 2. The predicted octanol–water partition coefficient (Wildman–Crippen LogP) is 4.61. The van der Waals surface area contributed by atoms with Crippen LogP contribution in [0.15, 0.2) is 48.5 Å². The van der Waals surface area contributed by atoms with Gasteiger partial charge in [-0.3, -0.25) is 0 Å². The highest BCUT2D eigenvalue weighted by Crippen LogP contribution is 2.24. The number of hydrogen-bond donors (Lipinski definition) is 2. The van der Waals surface area contributed by atoms with Crippen LogP contribution in [0.3, 0.4) is 0 Å². The van der Waals surface area contributed by atoms with Crippen LogP contribution in [0.5, 0.6) is 0 Å². The number of hydrogen-bond acceptors (Lipinski definition) is 4. The zero-order chi connectivity index (χ0) is 19.7. The van der Waals surface area contributed by atoms with Crippen molar-refractivity contribution in [3.05, 3.63) is 69.7 Å². The molecule has 140 valence electrons. The first kappa shape index (κ1) is 21.6. The molecule has 0 heterocycles. The third-order valence-corrected chi connectivity index (χ3v) is 3.80. The van der Waals surface area contributed by atoms with E-state index < -0.39 is 17.8 Å². The molecule has 0 spiro atoms. The quantitative estimate of drug-likeness (QED) is 0.784. The molecule has 0 fully saturated rings. The smallest absolute Gasteiger partial charge is 0.405 e. The normalized spacial score (nSPS) is 10.3. The van der Waals surface area contributed by atoms with E-state index in [9.17, 15) is 9.59 Å². The number of benzene rings is 2. The molecule has 0 aromatic heterocycles. The number of nitrogens with two attached hydrogens (primary N) is 2. The summed E-state index contributed by atoms with van der Waals surface area (Å²) in [4.78, 5) is 20.9. The van der Waals surface area contributed by atoms with Gasteiger partial charge in [0.2, 0.25) is 0 Å². The van der Waals surface area contributed by atoms with Gasteiger partial charge < -0.3 is 20.9 Å². The first-order valence-corrected chi connectivity index (χ1v) is 8.27. The van der Waals surface area contributed by atoms with Crippen molar-refractivity contribution in [3.8, 4) is 0 Å². The molecule has 0 atom stereocenters. The topological polar surface area (TPSA) is 105 Å². The van der Waals surface area contributed by atoms with Gasteiger partial charge in [-0.15, -0.1) is 0 Å². The van der Waals surface area contributed by atoms with Crippen LogP contribution in [0.1, 0.15) is 25.0 Å². The monoisotopic (exact) mass is 398 g/mol. The second-order valence-corrected chi connectivity index (χ2v) is 6.48. The Hall–Kier alpha value is -2.44. The maximum Gasteiger partial charge on any atom is 0.405 e. The summed E-state index contributed by atoms with van der Waals surface area (Å²) in [5.74, 6) is 0. The molecule has 0 bridgehead atoms. The molecule has 8 heteroatoms. The van der Waals surface area contributed by atoms with Crippen LogP contribution in [0.4, 0.5) is 9.59 Å². The summed E-state index contributed by atoms with van der Waals surface area (Å²) in [6.07, 6.45) is -1.58. The molecule has 0 saturated carbocycles. The standard InChI is InChI=1S/C10H13NO2.C8H7Cl2NO2/c1-10(2,13-9(11)12)8-6-4-3-5-7-8;9-6-2-1-5(7(10)3-6)4-13-8(11)12/h3-7H,1-2H3,(H2,11,12);1-3H,4H2,(H2,11,12). The molecule has 2 rings (SSSR count). The van der Waals surface area contributed by atoms with Crippen LogP contribution in [0, 0.1) is 0 Å². The van der Waals surface area contributed by atoms with Crippen LogP contribution in [0.2, 0.25) is 10.0 Å². The van der Waals surface area contributed by atoms with E-state index in [1.54, 1.807) is 32.0 Å². The van der Waals surface area contributed by atoms with Crippen molar-refractivity contribution < 1.29 is 19.1 Å². The van der Waals surface area contributed by atoms with E-state index in [1.165, 1.54) is 0 Å². The average Bonchev–Trinajstić information content (AvgIpc) is 2.54. The summed E-state index contributed by atoms with van der Waals surface area (Å²) in [5.41, 5.74) is 10.7. The Morgan fingerprint density at radius 3 is 2.12 bits per heavy atom. The van der Waals surface area contributed by atoms with E-state index >= 15 is 0 Å². The summed E-state index contributed by atoms with van der Waals surface area (Å²) in [6, 6.07) is 14.4. The van der Waals surface area contributed by atoms with E-state index in [0.29, 0.717) is 15.6 Å². The van der Waals surface area contributed by atoms with Gasteiger partial charge in [-0.25, -0.2) is 9.59 Å². The van der Waals surface area contributed by atoms with Crippen LogP contribution in [-0.4, -0.2) is 12.2 Å². The Labute approximate surface area is 162 Å². The second kappa shape index (κ2) is 9.89. The highest BCUT2D eigenvalue weighted by molar-refractivity contribution is 6.35. The molecular formula is C18H20Cl2N2O4. The van der Waals surface area contributed by atoms with Crippen LogP contribution >= 0.6 is 23.2 Å². The van der Waals surface area contributed by atoms with Gasteiger partial charge in [0.1, 0.15) is 12.2 Å². The minimum Gasteiger partial charge on any atom is -0.445 e. The zero-order valence-electron chi connectivity index (χ0n) is 14.4. The fourth-order valence-electron chi connectivity index (χ4n) is 1.94. The zero-order valence-corrected chi connectivity index (χ0v) is 15.9. The SMILES string of the molecule is CC(C)(OC(N)=O)c1ccccc1.NC(=O)OCc1ccc(Cl)cc1Cl. The molecule has 0 aliphatic rings. The van der Waals surface area contributed by atoms with Gasteiger partial charge in [-0.2, -0.15) is 0 Å². The Morgan fingerprint density at radius 2 is 1.62 bits per heavy atom. The van der Waals surface area contributed by atoms with Crippen LogP contribution < -0.4 is 11.5 Å².